The second-order valence-corrected chi connectivity index (χ2v) is 17.8. The van der Waals surface area contributed by atoms with E-state index in [1.807, 2.05) is 48.5 Å². The van der Waals surface area contributed by atoms with Crippen LogP contribution in [0.15, 0.2) is 225 Å². The van der Waals surface area contributed by atoms with E-state index < -0.39 is 15.8 Å². The van der Waals surface area contributed by atoms with Crippen molar-refractivity contribution in [1.29, 1.82) is 0 Å². The van der Waals surface area contributed by atoms with Crippen LogP contribution < -0.4 is 41.7 Å². The maximum atomic E-state index is 6.74. The number of hydrogen-bond acceptors (Lipinski definition) is 4. The van der Waals surface area contributed by atoms with Crippen molar-refractivity contribution in [3.05, 3.63) is 225 Å². The molecule has 0 N–H and O–H groups in total. The maximum Gasteiger partial charge on any atom is 1.00 e. The Morgan fingerprint density at radius 1 is 0.439 bits per heavy atom. The topological polar surface area (TPSA) is 62.0 Å². The monoisotopic (exact) mass is 824 g/mol. The first-order valence-corrected chi connectivity index (χ1v) is 21.5. The standard InChI is InChI=1S/C36H28OP2.C13H9N4.Cu/c1-5-17-30(18-6-1)38(31-19-7-2-8-20-31)34-25-15-16-29(28-34)37-35-26-13-14-27-36(35)39(32-21-9-3-10-22-32)33-23-11-4-12-24-33;1-2-6-10(7-3-1)12-15-13(17-16-12)11-8-4-5-9-14-11;/h1-28H;1-9H;/q;-1;+1/p+2. The number of hydrogen-bond donors (Lipinski definition) is 0. The summed E-state index contributed by atoms with van der Waals surface area (Å²) >= 11 is 0. The van der Waals surface area contributed by atoms with Crippen LogP contribution in [0.5, 0.6) is 11.5 Å². The van der Waals surface area contributed by atoms with Crippen LogP contribution in [-0.4, -0.2) is 15.1 Å². The number of benzene rings is 7. The van der Waals surface area contributed by atoms with E-state index in [9.17, 15) is 0 Å². The van der Waals surface area contributed by atoms with E-state index >= 15 is 0 Å². The molecular weight excluding hydrogens is 786 g/mol. The molecule has 2 aromatic heterocycles. The van der Waals surface area contributed by atoms with Gasteiger partial charge in [0.25, 0.3) is 0 Å². The summed E-state index contributed by atoms with van der Waals surface area (Å²) < 4.78 is 6.74. The predicted octanol–water partition coefficient (Wildman–Crippen LogP) is 8.62. The molecule has 0 amide bonds. The minimum atomic E-state index is -1.26. The molecule has 0 atom stereocenters. The van der Waals surface area contributed by atoms with Crippen LogP contribution in [0.4, 0.5) is 0 Å². The zero-order valence-corrected chi connectivity index (χ0v) is 33.8. The van der Waals surface area contributed by atoms with Gasteiger partial charge in [0.2, 0.25) is 0 Å². The van der Waals surface area contributed by atoms with Gasteiger partial charge in [-0.1, -0.05) is 127 Å². The van der Waals surface area contributed by atoms with Crippen molar-refractivity contribution in [2.75, 3.05) is 0 Å². The van der Waals surface area contributed by atoms with Crippen molar-refractivity contribution in [2.45, 2.75) is 0 Å². The number of rotatable bonds is 10. The van der Waals surface area contributed by atoms with Gasteiger partial charge >= 0.3 is 17.1 Å². The van der Waals surface area contributed by atoms with Gasteiger partial charge in [0.05, 0.1) is 19.4 Å². The van der Waals surface area contributed by atoms with Crippen LogP contribution in [0, 0.1) is 0 Å². The quantitative estimate of drug-likeness (QED) is 0.102. The summed E-state index contributed by atoms with van der Waals surface area (Å²) in [6, 6.07) is 76.0. The fourth-order valence-corrected chi connectivity index (χ4v) is 11.8. The summed E-state index contributed by atoms with van der Waals surface area (Å²) in [5.41, 5.74) is 1.70. The Kier molecular flexibility index (Phi) is 13.6. The van der Waals surface area contributed by atoms with Gasteiger partial charge in [-0.3, -0.25) is 10.1 Å². The molecule has 0 bridgehead atoms. The average molecular weight is 825 g/mol. The number of para-hydroxylation sites is 1. The van der Waals surface area contributed by atoms with E-state index in [1.54, 1.807) is 6.20 Å². The summed E-state index contributed by atoms with van der Waals surface area (Å²) in [5.74, 6) is 2.98. The SMILES string of the molecule is [Cu+].c1ccc(-c2n[n-]c(-c3ccccn3)n2)cc1.c1ccc([PH+](c2ccccc2)c2cccc(Oc3ccccc3[PH+](c3ccccc3)c3ccccc3)c2)cc1. The van der Waals surface area contributed by atoms with Gasteiger partial charge < -0.3 is 14.8 Å². The van der Waals surface area contributed by atoms with Crippen molar-refractivity contribution in [1.82, 2.24) is 20.2 Å². The first-order valence-electron chi connectivity index (χ1n) is 18.5. The van der Waals surface area contributed by atoms with Crippen LogP contribution in [0.2, 0.25) is 0 Å². The second-order valence-electron chi connectivity index (χ2n) is 12.9. The molecule has 0 aliphatic rings. The molecule has 0 unspecified atom stereocenters. The van der Waals surface area contributed by atoms with Gasteiger partial charge in [-0.05, 0) is 96.3 Å². The molecule has 0 radical (unpaired) electrons. The van der Waals surface area contributed by atoms with Gasteiger partial charge in [0.15, 0.2) is 5.75 Å². The van der Waals surface area contributed by atoms with Crippen molar-refractivity contribution in [3.8, 4) is 34.4 Å². The molecule has 8 heteroatoms. The second kappa shape index (κ2) is 19.7. The molecule has 7 aromatic carbocycles. The minimum Gasteiger partial charge on any atom is -0.453 e. The molecule has 0 spiro atoms. The Morgan fingerprint density at radius 3 is 1.49 bits per heavy atom. The molecule has 2 heterocycles. The number of nitrogens with zero attached hydrogens (tertiary/aromatic N) is 4. The Morgan fingerprint density at radius 2 is 0.930 bits per heavy atom. The van der Waals surface area contributed by atoms with Gasteiger partial charge in [-0.2, -0.15) is 0 Å². The van der Waals surface area contributed by atoms with Crippen molar-refractivity contribution < 1.29 is 21.8 Å². The first-order chi connectivity index (χ1) is 27.8. The number of ether oxygens (including phenoxy) is 1. The Bertz CT molecular complexity index is 2430. The molecule has 0 saturated heterocycles. The summed E-state index contributed by atoms with van der Waals surface area (Å²) in [7, 11) is -2.43. The number of aromatic nitrogens is 4. The summed E-state index contributed by atoms with van der Waals surface area (Å²) in [4.78, 5) is 8.56. The van der Waals surface area contributed by atoms with E-state index in [0.29, 0.717) is 11.6 Å². The zero-order valence-electron chi connectivity index (χ0n) is 30.9. The number of pyridine rings is 1. The zero-order chi connectivity index (χ0) is 37.8. The molecule has 280 valence electrons. The summed E-state index contributed by atoms with van der Waals surface area (Å²) in [5, 5.41) is 16.1. The molecule has 0 aliphatic heterocycles. The molecule has 57 heavy (non-hydrogen) atoms. The Labute approximate surface area is 346 Å². The third kappa shape index (κ3) is 9.88. The minimum absolute atomic E-state index is 0. The Hall–Kier alpha value is -5.99. The van der Waals surface area contributed by atoms with E-state index in [1.165, 1.54) is 31.8 Å². The van der Waals surface area contributed by atoms with Crippen LogP contribution >= 0.6 is 15.8 Å². The largest absolute Gasteiger partial charge is 1.00 e. The maximum absolute atomic E-state index is 6.74. The van der Waals surface area contributed by atoms with Crippen LogP contribution in [0.25, 0.3) is 22.9 Å². The van der Waals surface area contributed by atoms with Crippen molar-refractivity contribution in [2.24, 2.45) is 0 Å². The van der Waals surface area contributed by atoms with Crippen molar-refractivity contribution in [3.63, 3.8) is 0 Å². The molecular formula is C49H39CuN4OP2+2. The van der Waals surface area contributed by atoms with Crippen LogP contribution in [-0.2, 0) is 17.1 Å². The predicted molar refractivity (Wildman–Crippen MR) is 237 cm³/mol. The average Bonchev–Trinajstić information content (AvgIpc) is 3.78. The first kappa shape index (κ1) is 39.3. The summed E-state index contributed by atoms with van der Waals surface area (Å²) in [6.45, 7) is 0. The normalized spacial score (nSPS) is 10.6. The van der Waals surface area contributed by atoms with Crippen molar-refractivity contribution >= 4 is 47.7 Å². The van der Waals surface area contributed by atoms with Gasteiger partial charge in [-0.25, -0.2) is 0 Å². The van der Waals surface area contributed by atoms with E-state index in [4.69, 9.17) is 4.74 Å². The van der Waals surface area contributed by atoms with E-state index in [0.717, 1.165) is 22.8 Å². The summed E-state index contributed by atoms with van der Waals surface area (Å²) in [6.07, 6.45) is 1.72. The molecule has 9 aromatic rings. The van der Waals surface area contributed by atoms with Gasteiger partial charge in [0, 0.05) is 12.3 Å². The van der Waals surface area contributed by atoms with Crippen LogP contribution in [0.1, 0.15) is 0 Å². The fraction of sp³-hybridized carbons (Fsp3) is 0. The smallest absolute Gasteiger partial charge is 0.453 e. The third-order valence-corrected chi connectivity index (χ3v) is 14.6. The molecule has 0 saturated carbocycles. The van der Waals surface area contributed by atoms with E-state index in [2.05, 4.69) is 190 Å². The van der Waals surface area contributed by atoms with Gasteiger partial charge in [0.1, 0.15) is 45.5 Å². The Balaban J connectivity index is 0.000000230. The molecule has 9 rings (SSSR count). The van der Waals surface area contributed by atoms with Gasteiger partial charge in [-0.15, -0.1) is 0 Å². The molecule has 5 nitrogen and oxygen atoms in total. The van der Waals surface area contributed by atoms with E-state index in [-0.39, 0.29) is 17.1 Å². The fourth-order valence-electron chi connectivity index (χ4n) is 6.55. The van der Waals surface area contributed by atoms with Crippen LogP contribution in [0.3, 0.4) is 0 Å². The molecule has 0 fully saturated rings. The third-order valence-electron chi connectivity index (χ3n) is 9.13. The molecule has 0 aliphatic carbocycles.